The Kier molecular flexibility index (Phi) is 47.1. The number of carbonyl (C=O) groups excluding carboxylic acids is 2. The molecule has 1 rings (SSSR count). The maximum absolute atomic E-state index is 12.9. The summed E-state index contributed by atoms with van der Waals surface area (Å²) in [6.07, 6.45) is 43.0. The van der Waals surface area contributed by atoms with Gasteiger partial charge in [-0.15, -0.1) is 0 Å². The first-order valence-corrected chi connectivity index (χ1v) is 32.3. The molecule has 13 nitrogen and oxygen atoms in total. The minimum Gasteiger partial charge on any atom is -0.462 e. The van der Waals surface area contributed by atoms with E-state index in [0.29, 0.717) is 12.8 Å². The lowest BCUT2D eigenvalue weighted by Gasteiger charge is -2.41. The number of hydrogen-bond acceptors (Lipinski definition) is 12. The highest BCUT2D eigenvalue weighted by molar-refractivity contribution is 7.47. The van der Waals surface area contributed by atoms with Crippen LogP contribution in [0.2, 0.25) is 0 Å². The number of esters is 2. The van der Waals surface area contributed by atoms with Crippen LogP contribution < -0.4 is 0 Å². The molecule has 1 saturated carbocycles. The van der Waals surface area contributed by atoms with E-state index in [-0.39, 0.29) is 12.8 Å². The fourth-order valence-electron chi connectivity index (χ4n) is 10.1. The topological polar surface area (TPSA) is 210 Å². The average molecular weight is 1060 g/mol. The summed E-state index contributed by atoms with van der Waals surface area (Å²) in [4.78, 5) is 36.0. The standard InChI is InChI=1S/C59H115O13P/c1-3-5-7-9-11-13-15-17-19-21-23-25-27-29-31-33-35-37-39-41-43-45-47-52(60)69-49-51(50-70-73(67,68)72-59-57(65)55(63)54(62)56(64)58(59)66)71-53(61)48-46-44-42-40-38-36-34-32-30-28-26-24-22-20-18-16-14-12-10-8-6-4-2/h51,54-59,62-66H,3-50H2,1-2H3,(H,67,68)/t51-,54?,55-,56?,57?,58?,59?/m0/s1. The number of aliphatic hydroxyl groups excluding tert-OH is 5. The summed E-state index contributed by atoms with van der Waals surface area (Å²) in [6, 6.07) is 0. The molecule has 6 N–H and O–H groups in total. The molecule has 1 aliphatic carbocycles. The first-order valence-electron chi connectivity index (χ1n) is 30.8. The Bertz CT molecular complexity index is 1270. The molecule has 0 aromatic heterocycles. The summed E-state index contributed by atoms with van der Waals surface area (Å²) in [5.41, 5.74) is 0. The lowest BCUT2D eigenvalue weighted by atomic mass is 9.85. The van der Waals surface area contributed by atoms with Gasteiger partial charge in [0.1, 0.15) is 43.2 Å². The number of phosphoric ester groups is 1. The summed E-state index contributed by atoms with van der Waals surface area (Å²) < 4.78 is 33.8. The van der Waals surface area contributed by atoms with Gasteiger partial charge in [-0.1, -0.05) is 284 Å². The Morgan fingerprint density at radius 2 is 0.616 bits per heavy atom. The van der Waals surface area contributed by atoms with E-state index in [1.807, 2.05) is 0 Å². The average Bonchev–Trinajstić information content (AvgIpc) is 3.37. The quantitative estimate of drug-likeness (QED) is 0.0191. The van der Waals surface area contributed by atoms with Crippen LogP contribution in [0.1, 0.15) is 309 Å². The van der Waals surface area contributed by atoms with Gasteiger partial charge >= 0.3 is 19.8 Å². The lowest BCUT2D eigenvalue weighted by Crippen LogP contribution is -2.64. The van der Waals surface area contributed by atoms with Crippen molar-refractivity contribution in [2.24, 2.45) is 0 Å². The fourth-order valence-corrected chi connectivity index (χ4v) is 11.0. The minimum atomic E-state index is -5.12. The van der Waals surface area contributed by atoms with Gasteiger partial charge in [-0.2, -0.15) is 0 Å². The fraction of sp³-hybridized carbons (Fsp3) is 0.966. The second kappa shape index (κ2) is 49.2. The molecule has 0 amide bonds. The van der Waals surface area contributed by atoms with Crippen LogP contribution in [0.3, 0.4) is 0 Å². The summed E-state index contributed by atoms with van der Waals surface area (Å²) in [5, 5.41) is 50.4. The smallest absolute Gasteiger partial charge is 0.462 e. The van der Waals surface area contributed by atoms with Gasteiger partial charge < -0.3 is 39.9 Å². The largest absolute Gasteiger partial charge is 0.472 e. The van der Waals surface area contributed by atoms with Crippen LogP contribution in [-0.2, 0) is 32.7 Å². The second-order valence-corrected chi connectivity index (χ2v) is 23.3. The van der Waals surface area contributed by atoms with Crippen LogP contribution >= 0.6 is 7.82 Å². The third-order valence-corrected chi connectivity index (χ3v) is 15.9. The third kappa shape index (κ3) is 40.7. The highest BCUT2D eigenvalue weighted by Gasteiger charge is 2.51. The van der Waals surface area contributed by atoms with E-state index >= 15 is 0 Å². The van der Waals surface area contributed by atoms with Gasteiger partial charge in [0, 0.05) is 12.8 Å². The molecule has 6 unspecified atom stereocenters. The molecule has 73 heavy (non-hydrogen) atoms. The first kappa shape index (κ1) is 69.9. The number of phosphoric acid groups is 1. The normalized spacial score (nSPS) is 20.3. The van der Waals surface area contributed by atoms with Crippen molar-refractivity contribution in [1.29, 1.82) is 0 Å². The molecule has 0 heterocycles. The Morgan fingerprint density at radius 3 is 0.904 bits per heavy atom. The van der Waals surface area contributed by atoms with Gasteiger partial charge in [0.15, 0.2) is 6.10 Å². The first-order chi connectivity index (χ1) is 35.4. The molecule has 0 bridgehead atoms. The Labute approximate surface area is 446 Å². The van der Waals surface area contributed by atoms with Crippen molar-refractivity contribution in [3.63, 3.8) is 0 Å². The lowest BCUT2D eigenvalue weighted by molar-refractivity contribution is -0.220. The van der Waals surface area contributed by atoms with Gasteiger partial charge in [-0.25, -0.2) is 4.57 Å². The number of rotatable bonds is 54. The van der Waals surface area contributed by atoms with Crippen molar-refractivity contribution in [2.45, 2.75) is 352 Å². The monoisotopic (exact) mass is 1060 g/mol. The van der Waals surface area contributed by atoms with Gasteiger partial charge in [0.05, 0.1) is 6.61 Å². The van der Waals surface area contributed by atoms with Crippen molar-refractivity contribution in [3.8, 4) is 0 Å². The van der Waals surface area contributed by atoms with Gasteiger partial charge in [0.25, 0.3) is 0 Å². The molecule has 0 aliphatic heterocycles. The Morgan fingerprint density at radius 1 is 0.370 bits per heavy atom. The predicted octanol–water partition coefficient (Wildman–Crippen LogP) is 14.7. The van der Waals surface area contributed by atoms with Gasteiger partial charge in [-0.3, -0.25) is 18.6 Å². The summed E-state index contributed by atoms with van der Waals surface area (Å²) in [7, 11) is -5.12. The van der Waals surface area contributed by atoms with Crippen molar-refractivity contribution in [3.05, 3.63) is 0 Å². The zero-order valence-corrected chi connectivity index (χ0v) is 47.9. The van der Waals surface area contributed by atoms with Crippen LogP contribution in [0.5, 0.6) is 0 Å². The zero-order valence-electron chi connectivity index (χ0n) is 47.0. The maximum atomic E-state index is 12.9. The summed E-state index contributed by atoms with van der Waals surface area (Å²) >= 11 is 0. The van der Waals surface area contributed by atoms with E-state index in [1.54, 1.807) is 0 Å². The van der Waals surface area contributed by atoms with E-state index in [0.717, 1.165) is 38.5 Å². The molecule has 0 spiro atoms. The number of ether oxygens (including phenoxy) is 2. The van der Waals surface area contributed by atoms with Crippen LogP contribution in [0.25, 0.3) is 0 Å². The predicted molar refractivity (Wildman–Crippen MR) is 295 cm³/mol. The van der Waals surface area contributed by atoms with Crippen molar-refractivity contribution < 1.29 is 63.1 Å². The molecule has 0 aromatic carbocycles. The molecule has 0 radical (unpaired) electrons. The molecule has 434 valence electrons. The SMILES string of the molecule is CCCCCCCCCCCCCCCCCCCCCCCCC(=O)OC[C@@H](COP(=O)(O)OC1C(O)C(O)C(O)[C@H](O)C1O)OC(=O)CCCCCCCCCCCCCCCCCCCCCCCC. The van der Waals surface area contributed by atoms with E-state index < -0.39 is 75.7 Å². The molecule has 1 fully saturated rings. The van der Waals surface area contributed by atoms with E-state index in [9.17, 15) is 44.6 Å². The highest BCUT2D eigenvalue weighted by atomic mass is 31.2. The van der Waals surface area contributed by atoms with Gasteiger partial charge in [0.2, 0.25) is 0 Å². The molecule has 8 atom stereocenters. The van der Waals surface area contributed by atoms with Crippen molar-refractivity contribution in [2.75, 3.05) is 13.2 Å². The van der Waals surface area contributed by atoms with E-state index in [1.165, 1.54) is 231 Å². The van der Waals surface area contributed by atoms with Crippen LogP contribution in [-0.4, -0.2) is 98.3 Å². The minimum absolute atomic E-state index is 0.106. The zero-order chi connectivity index (χ0) is 53.5. The number of hydrogen-bond donors (Lipinski definition) is 6. The molecule has 1 aliphatic rings. The van der Waals surface area contributed by atoms with E-state index in [4.69, 9.17) is 18.5 Å². The van der Waals surface area contributed by atoms with Crippen molar-refractivity contribution in [1.82, 2.24) is 0 Å². The Hall–Kier alpha value is -1.15. The van der Waals surface area contributed by atoms with Gasteiger partial charge in [-0.05, 0) is 12.8 Å². The summed E-state index contributed by atoms with van der Waals surface area (Å²) in [6.45, 7) is 3.39. The number of aliphatic hydroxyl groups is 5. The maximum Gasteiger partial charge on any atom is 0.472 e. The molecular formula is C59H115O13P. The second-order valence-electron chi connectivity index (χ2n) is 21.9. The Balaban J connectivity index is 2.28. The highest BCUT2D eigenvalue weighted by Crippen LogP contribution is 2.47. The number of carbonyl (C=O) groups is 2. The molecule has 0 saturated heterocycles. The van der Waals surface area contributed by atoms with Crippen LogP contribution in [0, 0.1) is 0 Å². The van der Waals surface area contributed by atoms with Crippen LogP contribution in [0.15, 0.2) is 0 Å². The van der Waals surface area contributed by atoms with Crippen molar-refractivity contribution >= 4 is 19.8 Å². The van der Waals surface area contributed by atoms with Crippen LogP contribution in [0.4, 0.5) is 0 Å². The third-order valence-electron chi connectivity index (χ3n) is 14.9. The molecule has 14 heteroatoms. The molecule has 0 aromatic rings. The molecular weight excluding hydrogens is 948 g/mol. The number of unbranched alkanes of at least 4 members (excludes halogenated alkanes) is 42. The summed E-state index contributed by atoms with van der Waals surface area (Å²) in [5.74, 6) is -1.07. The van der Waals surface area contributed by atoms with E-state index in [2.05, 4.69) is 13.8 Å².